The van der Waals surface area contributed by atoms with Crippen molar-refractivity contribution in [1.82, 2.24) is 0 Å². The smallest absolute Gasteiger partial charge is 0.171 e. The Bertz CT molecular complexity index is 674. The first-order chi connectivity index (χ1) is 10.3. The summed E-state index contributed by atoms with van der Waals surface area (Å²) in [4.78, 5) is 0. The van der Waals surface area contributed by atoms with Crippen molar-refractivity contribution in [1.29, 1.82) is 0 Å². The Kier molecular flexibility index (Phi) is 5.19. The standard InChI is InChI=1S/C17H16FNO2/c1-20-16-10-4-7-14(17(16)18)12-21-15-9-3-2-6-13(15)8-5-11-19/h2-4,6-7,9-10H,11-12,19H2,1H3. The van der Waals surface area contributed by atoms with Gasteiger partial charge >= 0.3 is 0 Å². The molecule has 3 nitrogen and oxygen atoms in total. The molecule has 0 heterocycles. The SMILES string of the molecule is COc1cccc(COc2ccccc2C#CCN)c1F. The molecule has 2 N–H and O–H groups in total. The topological polar surface area (TPSA) is 44.5 Å². The molecule has 0 aromatic heterocycles. The number of rotatable bonds is 4. The van der Waals surface area contributed by atoms with Gasteiger partial charge in [-0.15, -0.1) is 0 Å². The average Bonchev–Trinajstić information content (AvgIpc) is 2.52. The largest absolute Gasteiger partial charge is 0.494 e. The summed E-state index contributed by atoms with van der Waals surface area (Å²) < 4.78 is 24.6. The number of ether oxygens (including phenoxy) is 2. The van der Waals surface area contributed by atoms with Crippen LogP contribution in [0.4, 0.5) is 4.39 Å². The molecule has 0 saturated carbocycles. The molecule has 0 fully saturated rings. The Labute approximate surface area is 123 Å². The van der Waals surface area contributed by atoms with Crippen LogP contribution in [0.25, 0.3) is 0 Å². The Morgan fingerprint density at radius 1 is 1.10 bits per heavy atom. The minimum absolute atomic E-state index is 0.102. The van der Waals surface area contributed by atoms with Crippen LogP contribution in [0, 0.1) is 17.7 Å². The molecular formula is C17H16FNO2. The van der Waals surface area contributed by atoms with Crippen LogP contribution in [0.15, 0.2) is 42.5 Å². The number of halogens is 1. The highest BCUT2D eigenvalue weighted by Gasteiger charge is 2.09. The Morgan fingerprint density at radius 2 is 1.86 bits per heavy atom. The van der Waals surface area contributed by atoms with Gasteiger partial charge in [0.15, 0.2) is 11.6 Å². The molecule has 0 bridgehead atoms. The van der Waals surface area contributed by atoms with E-state index in [0.29, 0.717) is 11.3 Å². The quantitative estimate of drug-likeness (QED) is 0.878. The van der Waals surface area contributed by atoms with Crippen molar-refractivity contribution >= 4 is 0 Å². The van der Waals surface area contributed by atoms with Gasteiger partial charge < -0.3 is 15.2 Å². The molecule has 0 aliphatic rings. The Balaban J connectivity index is 2.17. The Morgan fingerprint density at radius 3 is 2.62 bits per heavy atom. The zero-order chi connectivity index (χ0) is 15.1. The summed E-state index contributed by atoms with van der Waals surface area (Å²) in [5.74, 6) is 6.09. The molecule has 21 heavy (non-hydrogen) atoms. The monoisotopic (exact) mass is 285 g/mol. The first kappa shape index (κ1) is 14.9. The number of benzene rings is 2. The lowest BCUT2D eigenvalue weighted by Gasteiger charge is -2.10. The third kappa shape index (κ3) is 3.74. The van der Waals surface area contributed by atoms with Gasteiger partial charge in [-0.05, 0) is 18.2 Å². The maximum atomic E-state index is 14.0. The molecule has 2 rings (SSSR count). The van der Waals surface area contributed by atoms with Gasteiger partial charge in [-0.2, -0.15) is 0 Å². The van der Waals surface area contributed by atoms with Crippen molar-refractivity contribution in [3.8, 4) is 23.3 Å². The van der Waals surface area contributed by atoms with E-state index in [1.165, 1.54) is 7.11 Å². The molecule has 0 spiro atoms. The number of hydrogen-bond acceptors (Lipinski definition) is 3. The fraction of sp³-hybridized carbons (Fsp3) is 0.176. The van der Waals surface area contributed by atoms with E-state index < -0.39 is 5.82 Å². The maximum Gasteiger partial charge on any atom is 0.171 e. The highest BCUT2D eigenvalue weighted by Crippen LogP contribution is 2.23. The van der Waals surface area contributed by atoms with Crippen LogP contribution in [-0.2, 0) is 6.61 Å². The van der Waals surface area contributed by atoms with Gasteiger partial charge in [-0.1, -0.05) is 36.1 Å². The van der Waals surface area contributed by atoms with E-state index >= 15 is 0 Å². The number of para-hydroxylation sites is 1. The fourth-order valence-electron chi connectivity index (χ4n) is 1.82. The summed E-state index contributed by atoms with van der Waals surface area (Å²) in [5.41, 5.74) is 6.52. The van der Waals surface area contributed by atoms with Crippen LogP contribution in [0.5, 0.6) is 11.5 Å². The zero-order valence-corrected chi connectivity index (χ0v) is 11.7. The molecule has 2 aromatic rings. The first-order valence-corrected chi connectivity index (χ1v) is 6.48. The normalized spacial score (nSPS) is 9.67. The van der Waals surface area contributed by atoms with Gasteiger partial charge in [0.1, 0.15) is 12.4 Å². The first-order valence-electron chi connectivity index (χ1n) is 6.48. The average molecular weight is 285 g/mol. The summed E-state index contributed by atoms with van der Waals surface area (Å²) in [6, 6.07) is 12.3. The van der Waals surface area contributed by atoms with Crippen molar-refractivity contribution in [3.63, 3.8) is 0 Å². The summed E-state index contributed by atoms with van der Waals surface area (Å²) in [6.45, 7) is 0.378. The summed E-state index contributed by atoms with van der Waals surface area (Å²) >= 11 is 0. The lowest BCUT2D eigenvalue weighted by atomic mass is 10.2. The minimum Gasteiger partial charge on any atom is -0.494 e. The molecular weight excluding hydrogens is 269 g/mol. The highest BCUT2D eigenvalue weighted by atomic mass is 19.1. The molecule has 0 aliphatic heterocycles. The van der Waals surface area contributed by atoms with Gasteiger partial charge in [0.2, 0.25) is 0 Å². The summed E-state index contributed by atoms with van der Waals surface area (Å²) in [6.07, 6.45) is 0. The van der Waals surface area contributed by atoms with Crippen molar-refractivity contribution in [2.75, 3.05) is 13.7 Å². The van der Waals surface area contributed by atoms with Gasteiger partial charge in [0, 0.05) is 5.56 Å². The molecule has 0 unspecified atom stereocenters. The number of nitrogens with two attached hydrogens (primary N) is 1. The van der Waals surface area contributed by atoms with E-state index in [0.717, 1.165) is 5.56 Å². The van der Waals surface area contributed by atoms with E-state index in [-0.39, 0.29) is 18.9 Å². The van der Waals surface area contributed by atoms with E-state index in [2.05, 4.69) is 11.8 Å². The van der Waals surface area contributed by atoms with Crippen LogP contribution < -0.4 is 15.2 Å². The van der Waals surface area contributed by atoms with E-state index in [1.54, 1.807) is 24.3 Å². The molecule has 0 radical (unpaired) electrons. The van der Waals surface area contributed by atoms with Crippen molar-refractivity contribution in [3.05, 3.63) is 59.4 Å². The van der Waals surface area contributed by atoms with E-state index in [4.69, 9.17) is 15.2 Å². The second-order valence-electron chi connectivity index (χ2n) is 4.22. The van der Waals surface area contributed by atoms with Crippen LogP contribution >= 0.6 is 0 Å². The lowest BCUT2D eigenvalue weighted by Crippen LogP contribution is -2.01. The number of methoxy groups -OCH3 is 1. The van der Waals surface area contributed by atoms with Gasteiger partial charge in [0.25, 0.3) is 0 Å². The number of hydrogen-bond donors (Lipinski definition) is 1. The third-order valence-electron chi connectivity index (χ3n) is 2.86. The van der Waals surface area contributed by atoms with Crippen molar-refractivity contribution < 1.29 is 13.9 Å². The second kappa shape index (κ2) is 7.32. The third-order valence-corrected chi connectivity index (χ3v) is 2.86. The van der Waals surface area contributed by atoms with E-state index in [1.807, 2.05) is 18.2 Å². The molecule has 4 heteroatoms. The van der Waals surface area contributed by atoms with Crippen molar-refractivity contribution in [2.45, 2.75) is 6.61 Å². The molecule has 0 atom stereocenters. The maximum absolute atomic E-state index is 14.0. The highest BCUT2D eigenvalue weighted by molar-refractivity contribution is 5.46. The summed E-state index contributed by atoms with van der Waals surface area (Å²) in [7, 11) is 1.43. The predicted molar refractivity (Wildman–Crippen MR) is 79.7 cm³/mol. The molecule has 0 saturated heterocycles. The van der Waals surface area contributed by atoms with Crippen molar-refractivity contribution in [2.24, 2.45) is 5.73 Å². The van der Waals surface area contributed by atoms with Crippen LogP contribution in [0.1, 0.15) is 11.1 Å². The van der Waals surface area contributed by atoms with E-state index in [9.17, 15) is 4.39 Å². The molecule has 0 amide bonds. The fourth-order valence-corrected chi connectivity index (χ4v) is 1.82. The molecule has 2 aromatic carbocycles. The van der Waals surface area contributed by atoms with Gasteiger partial charge in [0.05, 0.1) is 19.2 Å². The van der Waals surface area contributed by atoms with Crippen LogP contribution in [0.2, 0.25) is 0 Å². The molecule has 108 valence electrons. The van der Waals surface area contributed by atoms with Gasteiger partial charge in [-0.25, -0.2) is 4.39 Å². The van der Waals surface area contributed by atoms with Crippen LogP contribution in [0.3, 0.4) is 0 Å². The minimum atomic E-state index is -0.412. The summed E-state index contributed by atoms with van der Waals surface area (Å²) in [5, 5.41) is 0. The predicted octanol–water partition coefficient (Wildman–Crippen LogP) is 2.72. The second-order valence-corrected chi connectivity index (χ2v) is 4.22. The molecule has 0 aliphatic carbocycles. The lowest BCUT2D eigenvalue weighted by molar-refractivity contribution is 0.295. The van der Waals surface area contributed by atoms with Crippen LogP contribution in [-0.4, -0.2) is 13.7 Å². The van der Waals surface area contributed by atoms with Gasteiger partial charge in [-0.3, -0.25) is 0 Å². The Hall–Kier alpha value is -2.51. The zero-order valence-electron chi connectivity index (χ0n) is 11.7.